The summed E-state index contributed by atoms with van der Waals surface area (Å²) in [6.45, 7) is 0. The number of pyridine rings is 1. The Balaban J connectivity index is 1.83. The molecule has 8 heteroatoms. The summed E-state index contributed by atoms with van der Waals surface area (Å²) in [7, 11) is 3.10. The number of methoxy groups -OCH3 is 2. The van der Waals surface area contributed by atoms with E-state index >= 15 is 0 Å². The third-order valence-corrected chi connectivity index (χ3v) is 3.72. The summed E-state index contributed by atoms with van der Waals surface area (Å²) in [6.07, 6.45) is 1.53. The van der Waals surface area contributed by atoms with Crippen molar-refractivity contribution >= 4 is 23.2 Å². The van der Waals surface area contributed by atoms with Crippen molar-refractivity contribution in [3.63, 3.8) is 0 Å². The highest BCUT2D eigenvalue weighted by Crippen LogP contribution is 2.32. The summed E-state index contributed by atoms with van der Waals surface area (Å²) in [5.41, 5.74) is 1.60. The van der Waals surface area contributed by atoms with E-state index in [1.807, 2.05) is 0 Å². The molecule has 2 heterocycles. The Morgan fingerprint density at radius 3 is 2.68 bits per heavy atom. The Kier molecular flexibility index (Phi) is 4.85. The van der Waals surface area contributed by atoms with Crippen molar-refractivity contribution in [1.82, 2.24) is 10.1 Å². The lowest BCUT2D eigenvalue weighted by Gasteiger charge is -2.07. The van der Waals surface area contributed by atoms with Gasteiger partial charge in [-0.2, -0.15) is 0 Å². The zero-order valence-electron chi connectivity index (χ0n) is 13.4. The van der Waals surface area contributed by atoms with Crippen LogP contribution in [0.3, 0.4) is 0 Å². The minimum Gasteiger partial charge on any atom is -0.493 e. The van der Waals surface area contributed by atoms with Crippen LogP contribution in [-0.4, -0.2) is 30.3 Å². The van der Waals surface area contributed by atoms with Gasteiger partial charge in [-0.15, -0.1) is 0 Å². The molecule has 3 rings (SSSR count). The van der Waals surface area contributed by atoms with Crippen LogP contribution in [0.1, 0.15) is 10.6 Å². The summed E-state index contributed by atoms with van der Waals surface area (Å²) in [5.74, 6) is 0.717. The van der Waals surface area contributed by atoms with Crippen LogP contribution in [0.25, 0.3) is 11.3 Å². The SMILES string of the molecule is COc1ccc(-c2cc(C(=O)Nc3cccnc3Cl)on2)cc1OC. The topological polar surface area (TPSA) is 86.5 Å². The van der Waals surface area contributed by atoms with Crippen LogP contribution in [0.2, 0.25) is 5.15 Å². The van der Waals surface area contributed by atoms with Crippen LogP contribution in [-0.2, 0) is 0 Å². The molecule has 0 saturated carbocycles. The maximum Gasteiger partial charge on any atom is 0.294 e. The number of carbonyl (C=O) groups is 1. The molecule has 1 N–H and O–H groups in total. The van der Waals surface area contributed by atoms with Gasteiger partial charge in [0, 0.05) is 17.8 Å². The summed E-state index contributed by atoms with van der Waals surface area (Å²) in [4.78, 5) is 16.2. The first-order chi connectivity index (χ1) is 12.1. The number of hydrogen-bond donors (Lipinski definition) is 1. The van der Waals surface area contributed by atoms with Crippen LogP contribution in [0, 0.1) is 0 Å². The van der Waals surface area contributed by atoms with Crippen molar-refractivity contribution in [2.45, 2.75) is 0 Å². The predicted octanol–water partition coefficient (Wildman–Crippen LogP) is 3.66. The molecule has 0 fully saturated rings. The van der Waals surface area contributed by atoms with Gasteiger partial charge in [0.2, 0.25) is 5.76 Å². The number of carbonyl (C=O) groups excluding carboxylic acids is 1. The second-order valence-corrected chi connectivity index (χ2v) is 5.30. The quantitative estimate of drug-likeness (QED) is 0.699. The molecule has 2 aromatic heterocycles. The first kappa shape index (κ1) is 16.8. The van der Waals surface area contributed by atoms with Gasteiger partial charge in [-0.25, -0.2) is 4.98 Å². The van der Waals surface area contributed by atoms with E-state index in [0.717, 1.165) is 5.56 Å². The van der Waals surface area contributed by atoms with Crippen molar-refractivity contribution in [3.05, 3.63) is 53.5 Å². The van der Waals surface area contributed by atoms with Crippen LogP contribution in [0.5, 0.6) is 11.5 Å². The van der Waals surface area contributed by atoms with E-state index < -0.39 is 5.91 Å². The Hall–Kier alpha value is -3.06. The monoisotopic (exact) mass is 359 g/mol. The fourth-order valence-electron chi connectivity index (χ4n) is 2.18. The molecule has 3 aromatic rings. The highest BCUT2D eigenvalue weighted by molar-refractivity contribution is 6.32. The smallest absolute Gasteiger partial charge is 0.294 e. The van der Waals surface area contributed by atoms with Crippen LogP contribution in [0.4, 0.5) is 5.69 Å². The average molecular weight is 360 g/mol. The van der Waals surface area contributed by atoms with Gasteiger partial charge in [0.05, 0.1) is 19.9 Å². The van der Waals surface area contributed by atoms with E-state index in [1.54, 1.807) is 44.6 Å². The number of amides is 1. The number of nitrogens with zero attached hydrogens (tertiary/aromatic N) is 2. The van der Waals surface area contributed by atoms with Gasteiger partial charge in [-0.05, 0) is 30.3 Å². The average Bonchev–Trinajstić information content (AvgIpc) is 3.13. The summed E-state index contributed by atoms with van der Waals surface area (Å²) in [5, 5.41) is 6.73. The van der Waals surface area contributed by atoms with Gasteiger partial charge < -0.3 is 19.3 Å². The Labute approximate surface area is 148 Å². The first-order valence-corrected chi connectivity index (χ1v) is 7.61. The second-order valence-electron chi connectivity index (χ2n) is 4.94. The molecule has 128 valence electrons. The van der Waals surface area contributed by atoms with Crippen molar-refractivity contribution in [2.75, 3.05) is 19.5 Å². The summed E-state index contributed by atoms with van der Waals surface area (Å²) >= 11 is 5.92. The molecule has 0 atom stereocenters. The zero-order valence-corrected chi connectivity index (χ0v) is 14.2. The number of anilines is 1. The van der Waals surface area contributed by atoms with E-state index in [4.69, 9.17) is 25.6 Å². The Bertz CT molecular complexity index is 910. The van der Waals surface area contributed by atoms with Crippen LogP contribution < -0.4 is 14.8 Å². The standard InChI is InChI=1S/C17H14ClN3O4/c1-23-13-6-5-10(8-14(13)24-2)12-9-15(25-21-12)17(22)20-11-4-3-7-19-16(11)18/h3-9H,1-2H3,(H,20,22). The molecule has 1 aromatic carbocycles. The number of hydrogen-bond acceptors (Lipinski definition) is 6. The number of nitrogens with one attached hydrogen (secondary N) is 1. The lowest BCUT2D eigenvalue weighted by Crippen LogP contribution is -2.11. The van der Waals surface area contributed by atoms with Crippen molar-refractivity contribution < 1.29 is 18.8 Å². The highest BCUT2D eigenvalue weighted by Gasteiger charge is 2.16. The Morgan fingerprint density at radius 1 is 1.16 bits per heavy atom. The van der Waals surface area contributed by atoms with E-state index in [9.17, 15) is 4.79 Å². The Morgan fingerprint density at radius 2 is 1.96 bits per heavy atom. The molecular weight excluding hydrogens is 346 g/mol. The van der Waals surface area contributed by atoms with E-state index in [1.165, 1.54) is 12.3 Å². The largest absolute Gasteiger partial charge is 0.493 e. The third-order valence-electron chi connectivity index (χ3n) is 3.42. The molecule has 25 heavy (non-hydrogen) atoms. The molecule has 0 aliphatic carbocycles. The van der Waals surface area contributed by atoms with Gasteiger partial charge >= 0.3 is 0 Å². The maximum atomic E-state index is 12.3. The highest BCUT2D eigenvalue weighted by atomic mass is 35.5. The molecule has 0 aliphatic rings. The number of aromatic nitrogens is 2. The molecule has 0 bridgehead atoms. The fraction of sp³-hybridized carbons (Fsp3) is 0.118. The predicted molar refractivity (Wildman–Crippen MR) is 92.2 cm³/mol. The van der Waals surface area contributed by atoms with E-state index in [-0.39, 0.29) is 10.9 Å². The molecule has 0 aliphatic heterocycles. The van der Waals surface area contributed by atoms with Gasteiger partial charge in [-0.1, -0.05) is 16.8 Å². The number of ether oxygens (including phenoxy) is 2. The molecule has 0 unspecified atom stereocenters. The molecular formula is C17H14ClN3O4. The van der Waals surface area contributed by atoms with Gasteiger partial charge in [-0.3, -0.25) is 4.79 Å². The lowest BCUT2D eigenvalue weighted by molar-refractivity contribution is 0.0988. The number of rotatable bonds is 5. The second kappa shape index (κ2) is 7.23. The summed E-state index contributed by atoms with van der Waals surface area (Å²) in [6, 6.07) is 10.1. The van der Waals surface area contributed by atoms with Crippen molar-refractivity contribution in [3.8, 4) is 22.8 Å². The van der Waals surface area contributed by atoms with Crippen molar-refractivity contribution in [1.29, 1.82) is 0 Å². The van der Waals surface area contributed by atoms with Crippen molar-refractivity contribution in [2.24, 2.45) is 0 Å². The minimum atomic E-state index is -0.478. The minimum absolute atomic E-state index is 0.0460. The molecule has 0 spiro atoms. The first-order valence-electron chi connectivity index (χ1n) is 7.23. The van der Waals surface area contributed by atoms with Gasteiger partial charge in [0.15, 0.2) is 16.7 Å². The van der Waals surface area contributed by atoms with Crippen LogP contribution in [0.15, 0.2) is 47.1 Å². The third kappa shape index (κ3) is 3.56. The van der Waals surface area contributed by atoms with Gasteiger partial charge in [0.25, 0.3) is 5.91 Å². The van der Waals surface area contributed by atoms with E-state index in [0.29, 0.717) is 22.9 Å². The normalized spacial score (nSPS) is 10.4. The van der Waals surface area contributed by atoms with E-state index in [2.05, 4.69) is 15.5 Å². The maximum absolute atomic E-state index is 12.3. The number of benzene rings is 1. The summed E-state index contributed by atoms with van der Waals surface area (Å²) < 4.78 is 15.6. The number of halogens is 1. The molecule has 0 radical (unpaired) electrons. The van der Waals surface area contributed by atoms with Crippen LogP contribution >= 0.6 is 11.6 Å². The molecule has 0 saturated heterocycles. The fourth-order valence-corrected chi connectivity index (χ4v) is 2.34. The molecule has 1 amide bonds. The zero-order chi connectivity index (χ0) is 17.8. The molecule has 7 nitrogen and oxygen atoms in total. The lowest BCUT2D eigenvalue weighted by atomic mass is 10.1. The van der Waals surface area contributed by atoms with Gasteiger partial charge in [0.1, 0.15) is 5.69 Å².